The molecular formula is C23H26N4O3S. The number of hydrogen-bond acceptors (Lipinski definition) is 5. The van der Waals surface area contributed by atoms with Crippen LogP contribution in [0.4, 0.5) is 11.5 Å². The number of nitrogens with one attached hydrogen (secondary N) is 1. The van der Waals surface area contributed by atoms with E-state index in [9.17, 15) is 14.4 Å². The van der Waals surface area contributed by atoms with Crippen molar-refractivity contribution < 1.29 is 4.79 Å². The Morgan fingerprint density at radius 2 is 1.65 bits per heavy atom. The molecule has 7 nitrogen and oxygen atoms in total. The van der Waals surface area contributed by atoms with Crippen LogP contribution >= 0.6 is 11.8 Å². The summed E-state index contributed by atoms with van der Waals surface area (Å²) in [6.45, 7) is 2.45. The predicted octanol–water partition coefficient (Wildman–Crippen LogP) is 2.84. The van der Waals surface area contributed by atoms with Crippen LogP contribution in [0.1, 0.15) is 24.5 Å². The van der Waals surface area contributed by atoms with Crippen molar-refractivity contribution in [3.8, 4) is 0 Å². The van der Waals surface area contributed by atoms with Crippen molar-refractivity contribution >= 4 is 29.2 Å². The van der Waals surface area contributed by atoms with Crippen LogP contribution in [0.2, 0.25) is 0 Å². The van der Waals surface area contributed by atoms with Gasteiger partial charge in [0.15, 0.2) is 5.69 Å². The lowest BCUT2D eigenvalue weighted by atomic mass is 10.2. The van der Waals surface area contributed by atoms with Crippen molar-refractivity contribution in [2.45, 2.75) is 25.6 Å². The number of H-pyrrole nitrogens is 1. The van der Waals surface area contributed by atoms with E-state index in [0.29, 0.717) is 18.7 Å². The molecule has 0 bridgehead atoms. The van der Waals surface area contributed by atoms with Gasteiger partial charge in [0.25, 0.3) is 5.56 Å². The zero-order valence-electron chi connectivity index (χ0n) is 17.4. The van der Waals surface area contributed by atoms with Crippen LogP contribution in [0.5, 0.6) is 0 Å². The SMILES string of the molecule is CCCN(C(=O)CSCc1ccccc1)c1c(N)n(Cc2ccccc2)c(=O)[nH]c1=O. The number of anilines is 2. The van der Waals surface area contributed by atoms with Crippen molar-refractivity contribution in [2.75, 3.05) is 22.9 Å². The second-order valence-electron chi connectivity index (χ2n) is 7.09. The van der Waals surface area contributed by atoms with E-state index < -0.39 is 11.2 Å². The van der Waals surface area contributed by atoms with E-state index in [0.717, 1.165) is 11.1 Å². The van der Waals surface area contributed by atoms with E-state index in [1.807, 2.05) is 67.6 Å². The first-order valence-corrected chi connectivity index (χ1v) is 11.2. The third-order valence-electron chi connectivity index (χ3n) is 4.75. The van der Waals surface area contributed by atoms with E-state index >= 15 is 0 Å². The van der Waals surface area contributed by atoms with Crippen LogP contribution in [-0.2, 0) is 17.1 Å². The molecule has 8 heteroatoms. The van der Waals surface area contributed by atoms with Crippen molar-refractivity contribution in [1.29, 1.82) is 0 Å². The van der Waals surface area contributed by atoms with Gasteiger partial charge in [0, 0.05) is 12.3 Å². The zero-order valence-corrected chi connectivity index (χ0v) is 18.2. The number of amides is 1. The molecule has 0 radical (unpaired) electrons. The number of aromatic amines is 1. The molecule has 1 heterocycles. The van der Waals surface area contributed by atoms with E-state index in [-0.39, 0.29) is 29.7 Å². The van der Waals surface area contributed by atoms with Crippen molar-refractivity contribution in [1.82, 2.24) is 9.55 Å². The average Bonchev–Trinajstić information content (AvgIpc) is 2.77. The first-order valence-electron chi connectivity index (χ1n) is 10.1. The molecule has 1 amide bonds. The maximum absolute atomic E-state index is 13.0. The fourth-order valence-electron chi connectivity index (χ4n) is 3.25. The number of rotatable bonds is 9. The summed E-state index contributed by atoms with van der Waals surface area (Å²) in [6.07, 6.45) is 0.645. The van der Waals surface area contributed by atoms with Gasteiger partial charge in [-0.05, 0) is 17.5 Å². The monoisotopic (exact) mass is 438 g/mol. The number of nitrogen functional groups attached to an aromatic ring is 1. The van der Waals surface area contributed by atoms with Gasteiger partial charge >= 0.3 is 5.69 Å². The molecule has 0 atom stereocenters. The molecule has 2 aromatic carbocycles. The number of aromatic nitrogens is 2. The molecule has 0 aliphatic carbocycles. The van der Waals surface area contributed by atoms with Gasteiger partial charge in [-0.2, -0.15) is 0 Å². The van der Waals surface area contributed by atoms with E-state index in [1.54, 1.807) is 0 Å². The predicted molar refractivity (Wildman–Crippen MR) is 127 cm³/mol. The summed E-state index contributed by atoms with van der Waals surface area (Å²) in [7, 11) is 0. The van der Waals surface area contributed by atoms with Gasteiger partial charge in [0.1, 0.15) is 5.82 Å². The fraction of sp³-hybridized carbons (Fsp3) is 0.261. The molecule has 162 valence electrons. The molecule has 0 aliphatic heterocycles. The van der Waals surface area contributed by atoms with Crippen LogP contribution < -0.4 is 21.9 Å². The normalized spacial score (nSPS) is 10.7. The fourth-order valence-corrected chi connectivity index (χ4v) is 4.12. The highest BCUT2D eigenvalue weighted by Crippen LogP contribution is 2.20. The molecule has 0 unspecified atom stereocenters. The van der Waals surface area contributed by atoms with Crippen LogP contribution in [0.15, 0.2) is 70.3 Å². The van der Waals surface area contributed by atoms with Crippen molar-refractivity contribution in [2.24, 2.45) is 0 Å². The minimum absolute atomic E-state index is 0.00698. The van der Waals surface area contributed by atoms with E-state index in [4.69, 9.17) is 5.73 Å². The summed E-state index contributed by atoms with van der Waals surface area (Å²) < 4.78 is 1.29. The summed E-state index contributed by atoms with van der Waals surface area (Å²) >= 11 is 1.47. The Bertz CT molecular complexity index is 1130. The van der Waals surface area contributed by atoms with Crippen LogP contribution in [-0.4, -0.2) is 27.8 Å². The summed E-state index contributed by atoms with van der Waals surface area (Å²) in [5, 5.41) is 0. The van der Waals surface area contributed by atoms with E-state index in [2.05, 4.69) is 4.98 Å². The Hall–Kier alpha value is -3.26. The number of carbonyl (C=O) groups is 1. The molecule has 0 fully saturated rings. The molecule has 0 aliphatic rings. The van der Waals surface area contributed by atoms with Gasteiger partial charge in [-0.3, -0.25) is 19.1 Å². The van der Waals surface area contributed by atoms with E-state index in [1.165, 1.54) is 21.2 Å². The van der Waals surface area contributed by atoms with Gasteiger partial charge < -0.3 is 10.6 Å². The standard InChI is InChI=1S/C23H26N4O3S/c1-2-13-26(19(28)16-31-15-18-11-7-4-8-12-18)20-21(24)27(23(30)25-22(20)29)14-17-9-5-3-6-10-17/h3-12H,2,13-16,24H2,1H3,(H,25,29,30). The second-order valence-corrected chi connectivity index (χ2v) is 8.07. The Morgan fingerprint density at radius 1 is 1.03 bits per heavy atom. The highest BCUT2D eigenvalue weighted by atomic mass is 32.2. The lowest BCUT2D eigenvalue weighted by molar-refractivity contribution is -0.116. The molecule has 31 heavy (non-hydrogen) atoms. The summed E-state index contributed by atoms with van der Waals surface area (Å²) in [5.41, 5.74) is 7.03. The summed E-state index contributed by atoms with van der Waals surface area (Å²) in [5.74, 6) is 0.662. The lowest BCUT2D eigenvalue weighted by Gasteiger charge is -2.24. The lowest BCUT2D eigenvalue weighted by Crippen LogP contribution is -2.42. The maximum Gasteiger partial charge on any atom is 0.330 e. The van der Waals surface area contributed by atoms with Gasteiger partial charge in [0.05, 0.1) is 12.3 Å². The third kappa shape index (κ3) is 5.67. The Morgan fingerprint density at radius 3 is 2.26 bits per heavy atom. The summed E-state index contributed by atoms with van der Waals surface area (Å²) in [4.78, 5) is 41.8. The van der Waals surface area contributed by atoms with Crippen molar-refractivity contribution in [3.63, 3.8) is 0 Å². The number of carbonyl (C=O) groups excluding carboxylic acids is 1. The molecule has 3 rings (SSSR count). The number of nitrogens with two attached hydrogens (primary N) is 1. The first kappa shape index (κ1) is 22.4. The highest BCUT2D eigenvalue weighted by molar-refractivity contribution is 7.99. The minimum Gasteiger partial charge on any atom is -0.383 e. The highest BCUT2D eigenvalue weighted by Gasteiger charge is 2.23. The maximum atomic E-state index is 13.0. The van der Waals surface area contributed by atoms with Crippen LogP contribution in [0, 0.1) is 0 Å². The van der Waals surface area contributed by atoms with Crippen LogP contribution in [0.25, 0.3) is 0 Å². The van der Waals surface area contributed by atoms with Gasteiger partial charge in [-0.25, -0.2) is 4.79 Å². The third-order valence-corrected chi connectivity index (χ3v) is 5.74. The van der Waals surface area contributed by atoms with Gasteiger partial charge in [-0.15, -0.1) is 11.8 Å². The second kappa shape index (κ2) is 10.7. The minimum atomic E-state index is -0.651. The molecule has 0 spiro atoms. The largest absolute Gasteiger partial charge is 0.383 e. The number of hydrogen-bond donors (Lipinski definition) is 2. The number of thioether (sulfide) groups is 1. The molecule has 3 aromatic rings. The first-order chi connectivity index (χ1) is 15.0. The van der Waals surface area contributed by atoms with Gasteiger partial charge in [0.2, 0.25) is 5.91 Å². The van der Waals surface area contributed by atoms with Crippen molar-refractivity contribution in [3.05, 3.63) is 92.6 Å². The average molecular weight is 439 g/mol. The Balaban J connectivity index is 1.85. The zero-order chi connectivity index (χ0) is 22.2. The number of benzene rings is 2. The number of nitrogens with zero attached hydrogens (tertiary/aromatic N) is 2. The van der Waals surface area contributed by atoms with Gasteiger partial charge in [-0.1, -0.05) is 67.6 Å². The summed E-state index contributed by atoms with van der Waals surface area (Å²) in [6, 6.07) is 19.2. The molecule has 3 N–H and O–H groups in total. The smallest absolute Gasteiger partial charge is 0.330 e. The Kier molecular flexibility index (Phi) is 7.72. The Labute approximate surface area is 184 Å². The topological polar surface area (TPSA) is 101 Å². The molecule has 0 saturated heterocycles. The van der Waals surface area contributed by atoms with Crippen LogP contribution in [0.3, 0.4) is 0 Å². The molecular weight excluding hydrogens is 412 g/mol. The molecule has 1 aromatic heterocycles. The molecule has 0 saturated carbocycles. The quantitative estimate of drug-likeness (QED) is 0.535.